The Bertz CT molecular complexity index is 584. The number of ether oxygens (including phenoxy) is 1. The molecule has 0 aliphatic carbocycles. The molecule has 27 heavy (non-hydrogen) atoms. The summed E-state index contributed by atoms with van der Waals surface area (Å²) in [4.78, 5) is 17.8. The van der Waals surface area contributed by atoms with Gasteiger partial charge in [-0.05, 0) is 43.7 Å². The van der Waals surface area contributed by atoms with Gasteiger partial charge in [-0.2, -0.15) is 0 Å². The third-order valence-electron chi connectivity index (χ3n) is 4.72. The van der Waals surface area contributed by atoms with Gasteiger partial charge in [-0.15, -0.1) is 24.0 Å². The number of aryl methyl sites for hydroxylation is 1. The van der Waals surface area contributed by atoms with Gasteiger partial charge < -0.3 is 20.3 Å². The lowest BCUT2D eigenvalue weighted by Gasteiger charge is -2.32. The second-order valence-corrected chi connectivity index (χ2v) is 6.52. The number of nitrogens with zero attached hydrogens (tertiary/aromatic N) is 2. The van der Waals surface area contributed by atoms with Crippen molar-refractivity contribution < 1.29 is 9.53 Å². The van der Waals surface area contributed by atoms with Crippen LogP contribution in [0.2, 0.25) is 0 Å². The van der Waals surface area contributed by atoms with E-state index in [0.717, 1.165) is 51.3 Å². The fourth-order valence-electron chi connectivity index (χ4n) is 3.08. The van der Waals surface area contributed by atoms with Crippen molar-refractivity contribution in [1.82, 2.24) is 15.5 Å². The number of hydrogen-bond acceptors (Lipinski definition) is 3. The summed E-state index contributed by atoms with van der Waals surface area (Å²) in [6.45, 7) is 6.71. The normalized spacial score (nSPS) is 15.1. The number of nitrogens with one attached hydrogen (secondary N) is 2. The van der Waals surface area contributed by atoms with Gasteiger partial charge in [-0.1, -0.05) is 31.2 Å². The Morgan fingerprint density at radius 3 is 2.37 bits per heavy atom. The fourth-order valence-corrected chi connectivity index (χ4v) is 3.08. The molecule has 1 heterocycles. The van der Waals surface area contributed by atoms with Gasteiger partial charge in [0.15, 0.2) is 5.96 Å². The summed E-state index contributed by atoms with van der Waals surface area (Å²) in [5.74, 6) is 0.824. The van der Waals surface area contributed by atoms with Gasteiger partial charge >= 0.3 is 6.09 Å². The molecule has 6 nitrogen and oxygen atoms in total. The minimum Gasteiger partial charge on any atom is -0.450 e. The third kappa shape index (κ3) is 7.94. The number of hydrogen-bond donors (Lipinski definition) is 2. The minimum atomic E-state index is -0.206. The van der Waals surface area contributed by atoms with Gasteiger partial charge in [0.25, 0.3) is 0 Å². The molecule has 2 rings (SSSR count). The van der Waals surface area contributed by atoms with Gasteiger partial charge in [-0.25, -0.2) is 4.79 Å². The molecule has 1 fully saturated rings. The highest BCUT2D eigenvalue weighted by molar-refractivity contribution is 14.0. The highest BCUT2D eigenvalue weighted by Crippen LogP contribution is 2.11. The summed E-state index contributed by atoms with van der Waals surface area (Å²) in [7, 11) is 1.79. The van der Waals surface area contributed by atoms with E-state index in [0.29, 0.717) is 12.6 Å². The summed E-state index contributed by atoms with van der Waals surface area (Å²) in [5, 5.41) is 6.84. The maximum absolute atomic E-state index is 11.7. The Labute approximate surface area is 180 Å². The van der Waals surface area contributed by atoms with Crippen molar-refractivity contribution in [2.75, 3.05) is 33.3 Å². The van der Waals surface area contributed by atoms with Crippen molar-refractivity contribution in [2.24, 2.45) is 4.99 Å². The number of aliphatic imine (C=N–C) groups is 1. The topological polar surface area (TPSA) is 66.0 Å². The van der Waals surface area contributed by atoms with Crippen LogP contribution in [0.15, 0.2) is 29.3 Å². The minimum absolute atomic E-state index is 0. The lowest BCUT2D eigenvalue weighted by Crippen LogP contribution is -2.50. The second-order valence-electron chi connectivity index (χ2n) is 6.52. The van der Waals surface area contributed by atoms with Crippen LogP contribution in [0.25, 0.3) is 0 Å². The van der Waals surface area contributed by atoms with E-state index in [2.05, 4.69) is 46.8 Å². The molecule has 1 aliphatic rings. The largest absolute Gasteiger partial charge is 0.450 e. The Balaban J connectivity index is 0.00000364. The predicted molar refractivity (Wildman–Crippen MR) is 121 cm³/mol. The van der Waals surface area contributed by atoms with Gasteiger partial charge in [0.2, 0.25) is 0 Å². The first-order valence-corrected chi connectivity index (χ1v) is 9.63. The SMILES string of the molecule is CCOC(=O)N1CCC(NC(=NC)NCCc2ccc(CC)cc2)CC1.I. The van der Waals surface area contributed by atoms with E-state index >= 15 is 0 Å². The average molecular weight is 488 g/mol. The van der Waals surface area contributed by atoms with E-state index in [9.17, 15) is 4.79 Å². The quantitative estimate of drug-likeness (QED) is 0.367. The van der Waals surface area contributed by atoms with Crippen molar-refractivity contribution >= 4 is 36.0 Å². The Kier molecular flexibility index (Phi) is 11.2. The number of carbonyl (C=O) groups excluding carboxylic acids is 1. The van der Waals surface area contributed by atoms with E-state index in [1.165, 1.54) is 11.1 Å². The molecule has 0 aromatic heterocycles. The van der Waals surface area contributed by atoms with Crippen molar-refractivity contribution in [2.45, 2.75) is 45.6 Å². The number of amides is 1. The lowest BCUT2D eigenvalue weighted by atomic mass is 10.1. The van der Waals surface area contributed by atoms with Crippen LogP contribution in [0.3, 0.4) is 0 Å². The zero-order valence-electron chi connectivity index (χ0n) is 16.7. The van der Waals surface area contributed by atoms with Crippen LogP contribution in [0.5, 0.6) is 0 Å². The molecule has 1 aromatic rings. The summed E-state index contributed by atoms with van der Waals surface area (Å²) in [6, 6.07) is 9.11. The maximum Gasteiger partial charge on any atom is 0.409 e. The van der Waals surface area contributed by atoms with Gasteiger partial charge in [0.05, 0.1) is 6.61 Å². The van der Waals surface area contributed by atoms with E-state index in [-0.39, 0.29) is 30.1 Å². The van der Waals surface area contributed by atoms with Crippen LogP contribution >= 0.6 is 24.0 Å². The summed E-state index contributed by atoms with van der Waals surface area (Å²) < 4.78 is 5.06. The molecular weight excluding hydrogens is 455 g/mol. The van der Waals surface area contributed by atoms with E-state index in [1.807, 2.05) is 6.92 Å². The maximum atomic E-state index is 11.7. The molecule has 0 saturated carbocycles. The first-order valence-electron chi connectivity index (χ1n) is 9.63. The highest BCUT2D eigenvalue weighted by Gasteiger charge is 2.23. The van der Waals surface area contributed by atoms with Crippen molar-refractivity contribution in [3.63, 3.8) is 0 Å². The fraction of sp³-hybridized carbons (Fsp3) is 0.600. The standard InChI is InChI=1S/C20H32N4O2.HI/c1-4-16-6-8-17(9-7-16)10-13-22-19(21-3)23-18-11-14-24(15-12-18)20(25)26-5-2;/h6-9,18H,4-5,10-15H2,1-3H3,(H2,21,22,23);1H. The number of rotatable bonds is 6. The molecule has 7 heteroatoms. The van der Waals surface area contributed by atoms with Crippen molar-refractivity contribution in [3.8, 4) is 0 Å². The lowest BCUT2D eigenvalue weighted by molar-refractivity contribution is 0.0963. The molecule has 1 aromatic carbocycles. The number of piperidine rings is 1. The molecule has 0 radical (unpaired) electrons. The molecule has 152 valence electrons. The number of guanidine groups is 1. The molecule has 0 spiro atoms. The first-order chi connectivity index (χ1) is 12.7. The molecular formula is C20H33IN4O2. The number of benzene rings is 1. The third-order valence-corrected chi connectivity index (χ3v) is 4.72. The molecule has 0 atom stereocenters. The van der Waals surface area contributed by atoms with Gasteiger partial charge in [0.1, 0.15) is 0 Å². The van der Waals surface area contributed by atoms with E-state index in [4.69, 9.17) is 4.74 Å². The number of halogens is 1. The van der Waals surface area contributed by atoms with Crippen LogP contribution < -0.4 is 10.6 Å². The Hall–Kier alpha value is -1.51. The van der Waals surface area contributed by atoms with Crippen molar-refractivity contribution in [1.29, 1.82) is 0 Å². The zero-order chi connectivity index (χ0) is 18.8. The number of carbonyl (C=O) groups is 1. The zero-order valence-corrected chi connectivity index (χ0v) is 19.0. The first kappa shape index (κ1) is 23.5. The molecule has 1 aliphatic heterocycles. The monoisotopic (exact) mass is 488 g/mol. The van der Waals surface area contributed by atoms with Gasteiger partial charge in [-0.3, -0.25) is 4.99 Å². The smallest absolute Gasteiger partial charge is 0.409 e. The van der Waals surface area contributed by atoms with Crippen LogP contribution in [0, 0.1) is 0 Å². The molecule has 1 amide bonds. The highest BCUT2D eigenvalue weighted by atomic mass is 127. The van der Waals surface area contributed by atoms with Crippen LogP contribution in [0.1, 0.15) is 37.8 Å². The summed E-state index contributed by atoms with van der Waals surface area (Å²) in [5.41, 5.74) is 2.70. The molecule has 0 bridgehead atoms. The Morgan fingerprint density at radius 2 is 1.81 bits per heavy atom. The molecule has 1 saturated heterocycles. The summed E-state index contributed by atoms with van der Waals surface area (Å²) >= 11 is 0. The second kappa shape index (κ2) is 12.8. The summed E-state index contributed by atoms with van der Waals surface area (Å²) in [6.07, 6.45) is 3.63. The predicted octanol–water partition coefficient (Wildman–Crippen LogP) is 3.20. The van der Waals surface area contributed by atoms with E-state index in [1.54, 1.807) is 11.9 Å². The average Bonchev–Trinajstić information content (AvgIpc) is 2.68. The number of likely N-dealkylation sites (tertiary alicyclic amines) is 1. The molecule has 2 N–H and O–H groups in total. The molecule has 0 unspecified atom stereocenters. The van der Waals surface area contributed by atoms with Crippen molar-refractivity contribution in [3.05, 3.63) is 35.4 Å². The van der Waals surface area contributed by atoms with Crippen LogP contribution in [-0.2, 0) is 17.6 Å². The van der Waals surface area contributed by atoms with E-state index < -0.39 is 0 Å². The van der Waals surface area contributed by atoms with Crippen LogP contribution in [-0.4, -0.2) is 56.3 Å². The Morgan fingerprint density at radius 1 is 1.19 bits per heavy atom. The van der Waals surface area contributed by atoms with Gasteiger partial charge in [0, 0.05) is 32.7 Å². The van der Waals surface area contributed by atoms with Crippen LogP contribution in [0.4, 0.5) is 4.79 Å².